The second-order valence-electron chi connectivity index (χ2n) is 7.89. The second kappa shape index (κ2) is 14.6. The fraction of sp³-hybridized carbons (Fsp3) is 0.538. The molecule has 0 aromatic heterocycles. The van der Waals surface area contributed by atoms with Gasteiger partial charge in [-0.2, -0.15) is 0 Å². The van der Waals surface area contributed by atoms with Gasteiger partial charge in [-0.25, -0.2) is 0 Å². The number of carbonyl (C=O) groups is 2. The summed E-state index contributed by atoms with van der Waals surface area (Å²) < 4.78 is 10.5. The Labute approximate surface area is 181 Å². The summed E-state index contributed by atoms with van der Waals surface area (Å²) in [4.78, 5) is 23.7. The maximum absolute atomic E-state index is 11.9. The van der Waals surface area contributed by atoms with Crippen molar-refractivity contribution in [2.75, 3.05) is 6.61 Å². The first-order valence-electron chi connectivity index (χ1n) is 11.5. The van der Waals surface area contributed by atoms with Gasteiger partial charge in [-0.15, -0.1) is 0 Å². The number of fused-ring (bicyclic) bond motifs is 1. The summed E-state index contributed by atoms with van der Waals surface area (Å²) in [6.45, 7) is 2.90. The van der Waals surface area contributed by atoms with Crippen molar-refractivity contribution in [3.8, 4) is 0 Å². The molecule has 0 saturated heterocycles. The number of rotatable bonds is 15. The van der Waals surface area contributed by atoms with E-state index in [2.05, 4.69) is 6.92 Å². The van der Waals surface area contributed by atoms with Crippen LogP contribution in [0.3, 0.4) is 0 Å². The Kier molecular flexibility index (Phi) is 11.6. The van der Waals surface area contributed by atoms with Crippen LogP contribution in [0, 0.1) is 0 Å². The molecule has 2 rings (SSSR count). The summed E-state index contributed by atoms with van der Waals surface area (Å²) in [6, 6.07) is 14.0. The highest BCUT2D eigenvalue weighted by Crippen LogP contribution is 2.16. The number of hydrogen-bond acceptors (Lipinski definition) is 4. The van der Waals surface area contributed by atoms with Gasteiger partial charge >= 0.3 is 11.9 Å². The van der Waals surface area contributed by atoms with E-state index in [-0.39, 0.29) is 31.4 Å². The topological polar surface area (TPSA) is 52.6 Å². The van der Waals surface area contributed by atoms with Gasteiger partial charge in [0.2, 0.25) is 0 Å². The van der Waals surface area contributed by atoms with Crippen LogP contribution in [0.15, 0.2) is 42.5 Å². The van der Waals surface area contributed by atoms with Crippen molar-refractivity contribution in [2.45, 2.75) is 84.2 Å². The van der Waals surface area contributed by atoms with Crippen LogP contribution >= 0.6 is 0 Å². The molecule has 2 aromatic carbocycles. The highest BCUT2D eigenvalue weighted by Gasteiger charge is 2.09. The SMILES string of the molecule is CCCCCCCCCCCOC(=O)CCC(=O)OCc1ccc2ccccc2c1. The Hall–Kier alpha value is -2.36. The van der Waals surface area contributed by atoms with Crippen molar-refractivity contribution in [2.24, 2.45) is 0 Å². The summed E-state index contributed by atoms with van der Waals surface area (Å²) >= 11 is 0. The van der Waals surface area contributed by atoms with Crippen molar-refractivity contribution in [3.63, 3.8) is 0 Å². The predicted octanol–water partition coefficient (Wildman–Crippen LogP) is 6.74. The Morgan fingerprint density at radius 1 is 0.700 bits per heavy atom. The maximum atomic E-state index is 11.9. The van der Waals surface area contributed by atoms with Crippen molar-refractivity contribution < 1.29 is 19.1 Å². The average Bonchev–Trinajstić information content (AvgIpc) is 2.77. The van der Waals surface area contributed by atoms with Crippen molar-refractivity contribution in [1.29, 1.82) is 0 Å². The van der Waals surface area contributed by atoms with Crippen LogP contribution < -0.4 is 0 Å². The molecule has 0 aliphatic heterocycles. The van der Waals surface area contributed by atoms with Gasteiger partial charge in [0.25, 0.3) is 0 Å². The van der Waals surface area contributed by atoms with E-state index in [9.17, 15) is 9.59 Å². The highest BCUT2D eigenvalue weighted by atomic mass is 16.5. The standard InChI is InChI=1S/C26H36O4/c1-2-3-4-5-6-7-8-9-12-19-29-25(27)17-18-26(28)30-21-22-15-16-23-13-10-11-14-24(23)20-22/h10-11,13-16,20H,2-9,12,17-19,21H2,1H3. The van der Waals surface area contributed by atoms with Gasteiger partial charge < -0.3 is 9.47 Å². The van der Waals surface area contributed by atoms with E-state index in [1.807, 2.05) is 42.5 Å². The monoisotopic (exact) mass is 412 g/mol. The van der Waals surface area contributed by atoms with Crippen molar-refractivity contribution in [1.82, 2.24) is 0 Å². The molecule has 164 valence electrons. The first-order chi connectivity index (χ1) is 14.7. The molecule has 0 aliphatic carbocycles. The zero-order chi connectivity index (χ0) is 21.4. The van der Waals surface area contributed by atoms with Crippen LogP contribution in [0.2, 0.25) is 0 Å². The molecule has 0 unspecified atom stereocenters. The average molecular weight is 413 g/mol. The molecule has 0 heterocycles. The predicted molar refractivity (Wildman–Crippen MR) is 121 cm³/mol. The van der Waals surface area contributed by atoms with Gasteiger partial charge in [-0.1, -0.05) is 94.7 Å². The zero-order valence-electron chi connectivity index (χ0n) is 18.4. The molecule has 2 aromatic rings. The quantitative estimate of drug-likeness (QED) is 0.240. The number of carbonyl (C=O) groups excluding carboxylic acids is 2. The molecule has 4 heteroatoms. The van der Waals surface area contributed by atoms with E-state index in [4.69, 9.17) is 9.47 Å². The smallest absolute Gasteiger partial charge is 0.306 e. The number of unbranched alkanes of at least 4 members (excludes halogenated alkanes) is 8. The van der Waals surface area contributed by atoms with Gasteiger partial charge in [0.05, 0.1) is 19.4 Å². The van der Waals surface area contributed by atoms with E-state index in [0.29, 0.717) is 6.61 Å². The molecule has 0 saturated carbocycles. The summed E-state index contributed by atoms with van der Waals surface area (Å²) in [5, 5.41) is 2.27. The van der Waals surface area contributed by atoms with Crippen LogP contribution in [-0.4, -0.2) is 18.5 Å². The number of ether oxygens (including phenoxy) is 2. The lowest BCUT2D eigenvalue weighted by atomic mass is 10.1. The Balaban J connectivity index is 1.48. The van der Waals surface area contributed by atoms with Crippen molar-refractivity contribution in [3.05, 3.63) is 48.0 Å². The molecular formula is C26H36O4. The Bertz CT molecular complexity index is 768. The van der Waals surface area contributed by atoms with Crippen LogP contribution in [0.5, 0.6) is 0 Å². The summed E-state index contributed by atoms with van der Waals surface area (Å²) in [6.07, 6.45) is 11.2. The van der Waals surface area contributed by atoms with Crippen LogP contribution in [-0.2, 0) is 25.7 Å². The second-order valence-corrected chi connectivity index (χ2v) is 7.89. The van der Waals surface area contributed by atoms with E-state index in [0.717, 1.165) is 29.2 Å². The molecule has 30 heavy (non-hydrogen) atoms. The van der Waals surface area contributed by atoms with E-state index in [1.54, 1.807) is 0 Å². The number of benzene rings is 2. The molecule has 0 spiro atoms. The number of esters is 2. The first-order valence-corrected chi connectivity index (χ1v) is 11.5. The minimum atomic E-state index is -0.372. The molecule has 4 nitrogen and oxygen atoms in total. The maximum Gasteiger partial charge on any atom is 0.306 e. The summed E-state index contributed by atoms with van der Waals surface area (Å²) in [5.41, 5.74) is 0.940. The van der Waals surface area contributed by atoms with Crippen LogP contribution in [0.1, 0.15) is 83.1 Å². The van der Waals surface area contributed by atoms with Gasteiger partial charge in [-0.3, -0.25) is 9.59 Å². The third kappa shape index (κ3) is 9.91. The fourth-order valence-electron chi connectivity index (χ4n) is 3.44. The molecule has 0 bridgehead atoms. The lowest BCUT2D eigenvalue weighted by Gasteiger charge is -2.07. The summed E-state index contributed by atoms with van der Waals surface area (Å²) in [5.74, 6) is -0.694. The van der Waals surface area contributed by atoms with Gasteiger partial charge in [0, 0.05) is 0 Å². The van der Waals surface area contributed by atoms with Crippen LogP contribution in [0.25, 0.3) is 10.8 Å². The lowest BCUT2D eigenvalue weighted by molar-refractivity contribution is -0.151. The largest absolute Gasteiger partial charge is 0.466 e. The first kappa shape index (κ1) is 23.9. The lowest BCUT2D eigenvalue weighted by Crippen LogP contribution is -2.11. The van der Waals surface area contributed by atoms with Gasteiger partial charge in [-0.05, 0) is 28.8 Å². The normalized spacial score (nSPS) is 10.8. The van der Waals surface area contributed by atoms with Crippen molar-refractivity contribution >= 4 is 22.7 Å². The van der Waals surface area contributed by atoms with E-state index >= 15 is 0 Å². The Morgan fingerprint density at radius 2 is 1.30 bits per heavy atom. The number of hydrogen-bond donors (Lipinski definition) is 0. The zero-order valence-corrected chi connectivity index (χ0v) is 18.4. The Morgan fingerprint density at radius 3 is 2.00 bits per heavy atom. The fourth-order valence-corrected chi connectivity index (χ4v) is 3.44. The van der Waals surface area contributed by atoms with E-state index < -0.39 is 0 Å². The molecular weight excluding hydrogens is 376 g/mol. The molecule has 0 radical (unpaired) electrons. The summed E-state index contributed by atoms with van der Waals surface area (Å²) in [7, 11) is 0. The molecule has 0 N–H and O–H groups in total. The molecule has 0 atom stereocenters. The third-order valence-electron chi connectivity index (χ3n) is 5.26. The van der Waals surface area contributed by atoms with Crippen LogP contribution in [0.4, 0.5) is 0 Å². The molecule has 0 aliphatic rings. The van der Waals surface area contributed by atoms with E-state index in [1.165, 1.54) is 44.9 Å². The highest BCUT2D eigenvalue weighted by molar-refractivity contribution is 5.83. The molecule has 0 amide bonds. The molecule has 0 fully saturated rings. The minimum Gasteiger partial charge on any atom is -0.466 e. The minimum absolute atomic E-state index is 0.0597. The third-order valence-corrected chi connectivity index (χ3v) is 5.26. The van der Waals surface area contributed by atoms with Gasteiger partial charge in [0.1, 0.15) is 6.61 Å². The van der Waals surface area contributed by atoms with Gasteiger partial charge in [0.15, 0.2) is 0 Å².